The van der Waals surface area contributed by atoms with Gasteiger partial charge in [0, 0.05) is 31.0 Å². The molecule has 3 nitrogen and oxygen atoms in total. The first-order valence-corrected chi connectivity index (χ1v) is 9.58. The molecule has 0 aromatic heterocycles. The molecular weight excluding hydrogens is 269 g/mol. The minimum Gasteiger partial charge on any atom is -0.322 e. The topological polar surface area (TPSA) is 29.5 Å². The standard InChI is InChI=1S/C11H26NO2PS.H4Si/c1-7-14-15(6,13)16-9-8-12(10(2)3)11(4)5;/h10-11H,7-9H2,1-6H3;1H4. The van der Waals surface area contributed by atoms with E-state index in [1.807, 2.05) is 6.92 Å². The molecule has 106 valence electrons. The molecule has 0 aliphatic rings. The average molecular weight is 299 g/mol. The second-order valence-electron chi connectivity index (χ2n) is 4.45. The van der Waals surface area contributed by atoms with Crippen molar-refractivity contribution in [3.05, 3.63) is 0 Å². The van der Waals surface area contributed by atoms with Crippen LogP contribution in [0.4, 0.5) is 0 Å². The molecule has 0 amide bonds. The Kier molecular flexibility index (Phi) is 11.3. The highest BCUT2D eigenvalue weighted by Gasteiger charge is 2.18. The first kappa shape index (κ1) is 20.0. The van der Waals surface area contributed by atoms with Crippen molar-refractivity contribution in [2.24, 2.45) is 0 Å². The summed E-state index contributed by atoms with van der Waals surface area (Å²) >= 11 is 1.46. The quantitative estimate of drug-likeness (QED) is 0.508. The third-order valence-electron chi connectivity index (χ3n) is 2.37. The van der Waals surface area contributed by atoms with Gasteiger partial charge in [-0.25, -0.2) is 0 Å². The van der Waals surface area contributed by atoms with E-state index in [2.05, 4.69) is 32.6 Å². The molecule has 0 saturated carbocycles. The van der Waals surface area contributed by atoms with Gasteiger partial charge in [-0.05, 0) is 45.6 Å². The Morgan fingerprint density at radius 2 is 1.71 bits per heavy atom. The molecule has 0 aromatic carbocycles. The van der Waals surface area contributed by atoms with Gasteiger partial charge in [-0.2, -0.15) is 0 Å². The summed E-state index contributed by atoms with van der Waals surface area (Å²) in [6.45, 7) is 11.4. The molecule has 0 rings (SSSR count). The zero-order valence-corrected chi connectivity index (χ0v) is 13.1. The second-order valence-corrected chi connectivity index (χ2v) is 9.68. The van der Waals surface area contributed by atoms with Crippen molar-refractivity contribution in [2.75, 3.05) is 25.6 Å². The minimum atomic E-state index is -2.42. The van der Waals surface area contributed by atoms with Crippen molar-refractivity contribution in [3.63, 3.8) is 0 Å². The van der Waals surface area contributed by atoms with E-state index in [1.54, 1.807) is 6.66 Å². The van der Waals surface area contributed by atoms with Crippen molar-refractivity contribution < 1.29 is 9.09 Å². The molecule has 0 aliphatic carbocycles. The zero-order valence-electron chi connectivity index (χ0n) is 11.4. The third-order valence-corrected chi connectivity index (χ3v) is 6.20. The van der Waals surface area contributed by atoms with Crippen LogP contribution >= 0.6 is 18.0 Å². The Morgan fingerprint density at radius 1 is 1.24 bits per heavy atom. The van der Waals surface area contributed by atoms with Crippen molar-refractivity contribution in [1.29, 1.82) is 0 Å². The molecule has 0 saturated heterocycles. The molecule has 0 bridgehead atoms. The molecule has 0 N–H and O–H groups in total. The summed E-state index contributed by atoms with van der Waals surface area (Å²) in [5, 5.41) is 0. The summed E-state index contributed by atoms with van der Waals surface area (Å²) < 4.78 is 17.1. The van der Waals surface area contributed by atoms with Gasteiger partial charge in [0.15, 0.2) is 0 Å². The fraction of sp³-hybridized carbons (Fsp3) is 1.00. The minimum absolute atomic E-state index is 0. The third kappa shape index (κ3) is 9.31. The van der Waals surface area contributed by atoms with Gasteiger partial charge in [0.25, 0.3) is 6.57 Å². The van der Waals surface area contributed by atoms with E-state index >= 15 is 0 Å². The predicted octanol–water partition coefficient (Wildman–Crippen LogP) is 2.25. The second kappa shape index (κ2) is 9.62. The van der Waals surface area contributed by atoms with Crippen LogP contribution in [0.5, 0.6) is 0 Å². The molecule has 17 heavy (non-hydrogen) atoms. The van der Waals surface area contributed by atoms with E-state index in [1.165, 1.54) is 11.4 Å². The van der Waals surface area contributed by atoms with Crippen molar-refractivity contribution in [2.45, 2.75) is 46.7 Å². The molecule has 6 heteroatoms. The molecule has 0 radical (unpaired) electrons. The Balaban J connectivity index is 0. The van der Waals surface area contributed by atoms with Crippen LogP contribution < -0.4 is 0 Å². The lowest BCUT2D eigenvalue weighted by Crippen LogP contribution is -2.38. The summed E-state index contributed by atoms with van der Waals surface area (Å²) in [4.78, 5) is 2.40. The molecule has 0 fully saturated rings. The maximum atomic E-state index is 11.9. The first-order valence-electron chi connectivity index (χ1n) is 5.92. The largest absolute Gasteiger partial charge is 0.322 e. The van der Waals surface area contributed by atoms with Gasteiger partial charge in [-0.1, -0.05) is 11.4 Å². The fourth-order valence-corrected chi connectivity index (χ4v) is 4.64. The van der Waals surface area contributed by atoms with Gasteiger partial charge in [-0.3, -0.25) is 9.46 Å². The van der Waals surface area contributed by atoms with Crippen molar-refractivity contribution in [1.82, 2.24) is 4.90 Å². The maximum absolute atomic E-state index is 11.9. The predicted molar refractivity (Wildman–Crippen MR) is 85.9 cm³/mol. The van der Waals surface area contributed by atoms with E-state index in [0.29, 0.717) is 18.7 Å². The molecule has 0 spiro atoms. The SMILES string of the molecule is CCOP(C)(=O)SCCN(C(C)C)C(C)C.[SiH4]. The monoisotopic (exact) mass is 299 g/mol. The molecule has 0 aromatic rings. The van der Waals surface area contributed by atoms with E-state index < -0.39 is 6.57 Å². The van der Waals surface area contributed by atoms with Crippen LogP contribution in [-0.4, -0.2) is 53.5 Å². The normalized spacial score (nSPS) is 15.1. The van der Waals surface area contributed by atoms with Crippen molar-refractivity contribution >= 4 is 28.9 Å². The number of nitrogens with zero attached hydrogens (tertiary/aromatic N) is 1. The Morgan fingerprint density at radius 3 is 2.06 bits per heavy atom. The van der Waals surface area contributed by atoms with E-state index in [-0.39, 0.29) is 11.0 Å². The Labute approximate surface area is 115 Å². The molecule has 0 aliphatic heterocycles. The first-order chi connectivity index (χ1) is 7.30. The number of hydrogen-bond acceptors (Lipinski definition) is 4. The Bertz CT molecular complexity index is 232. The summed E-state index contributed by atoms with van der Waals surface area (Å²) in [6.07, 6.45) is 0. The van der Waals surface area contributed by atoms with Gasteiger partial charge in [0.1, 0.15) is 0 Å². The average Bonchev–Trinajstić information content (AvgIpc) is 2.10. The molecular formula is C11H30NO2PSSi. The van der Waals surface area contributed by atoms with Crippen LogP contribution in [0.1, 0.15) is 34.6 Å². The van der Waals surface area contributed by atoms with Crippen molar-refractivity contribution in [3.8, 4) is 0 Å². The van der Waals surface area contributed by atoms with Gasteiger partial charge in [0.2, 0.25) is 0 Å². The van der Waals surface area contributed by atoms with E-state index in [4.69, 9.17) is 4.52 Å². The van der Waals surface area contributed by atoms with Gasteiger partial charge >= 0.3 is 0 Å². The molecule has 1 unspecified atom stereocenters. The van der Waals surface area contributed by atoms with Gasteiger partial charge in [0.05, 0.1) is 6.61 Å². The van der Waals surface area contributed by atoms with Crippen LogP contribution in [0.15, 0.2) is 0 Å². The Hall–Kier alpha value is 0.717. The van der Waals surface area contributed by atoms with Gasteiger partial charge in [-0.15, -0.1) is 0 Å². The van der Waals surface area contributed by atoms with Crippen LogP contribution in [-0.2, 0) is 9.09 Å². The van der Waals surface area contributed by atoms with E-state index in [9.17, 15) is 4.57 Å². The number of hydrogen-bond donors (Lipinski definition) is 0. The highest BCUT2D eigenvalue weighted by atomic mass is 32.7. The van der Waals surface area contributed by atoms with Crippen LogP contribution in [0.3, 0.4) is 0 Å². The molecule has 1 atom stereocenters. The fourth-order valence-electron chi connectivity index (χ4n) is 1.70. The summed E-state index contributed by atoms with van der Waals surface area (Å²) in [5.74, 6) is 0.865. The van der Waals surface area contributed by atoms with E-state index in [0.717, 1.165) is 12.3 Å². The number of rotatable bonds is 8. The molecule has 0 heterocycles. The smallest absolute Gasteiger partial charge is 0.254 e. The summed E-state index contributed by atoms with van der Waals surface area (Å²) in [7, 11) is 0. The lowest BCUT2D eigenvalue weighted by atomic mass is 10.2. The van der Waals surface area contributed by atoms with Crippen LogP contribution in [0.2, 0.25) is 0 Å². The summed E-state index contributed by atoms with van der Waals surface area (Å²) in [6, 6.07) is 1.06. The lowest BCUT2D eigenvalue weighted by Gasteiger charge is -2.30. The zero-order chi connectivity index (χ0) is 12.8. The lowest BCUT2D eigenvalue weighted by molar-refractivity contribution is 0.187. The van der Waals surface area contributed by atoms with Gasteiger partial charge < -0.3 is 4.52 Å². The maximum Gasteiger partial charge on any atom is 0.254 e. The van der Waals surface area contributed by atoms with Crippen LogP contribution in [0.25, 0.3) is 0 Å². The summed E-state index contributed by atoms with van der Waals surface area (Å²) in [5.41, 5.74) is 0. The van der Waals surface area contributed by atoms with Crippen LogP contribution in [0, 0.1) is 0 Å². The highest BCUT2D eigenvalue weighted by Crippen LogP contribution is 2.55. The highest BCUT2D eigenvalue weighted by molar-refractivity contribution is 8.56.